The number of rotatable bonds is 4. The predicted molar refractivity (Wildman–Crippen MR) is 105 cm³/mol. The topological polar surface area (TPSA) is 76.9 Å². The van der Waals surface area contributed by atoms with Gasteiger partial charge in [0.15, 0.2) is 0 Å². The minimum Gasteiger partial charge on any atom is -0.309 e. The number of pyridine rings is 1. The number of carbonyl (C=O) groups is 1. The molecule has 0 aliphatic carbocycles. The standard InChI is InChI=1S/C18H14N4O2S2/c1-11-4-5-19-14(7-11)21-15(23)8-22-10-20-17-16(18(22)24)12(9-26-17)13-3-2-6-25-13/h2-7,9-10H,8H2,1H3,(H,19,21,23). The molecule has 4 heterocycles. The van der Waals surface area contributed by atoms with Crippen LogP contribution in [0.5, 0.6) is 0 Å². The van der Waals surface area contributed by atoms with E-state index in [1.54, 1.807) is 23.6 Å². The average Bonchev–Trinajstić information content (AvgIpc) is 3.26. The Bertz CT molecular complexity index is 1150. The number of amides is 1. The third-order valence-electron chi connectivity index (χ3n) is 3.84. The number of hydrogen-bond donors (Lipinski definition) is 1. The van der Waals surface area contributed by atoms with Crippen LogP contribution in [0.3, 0.4) is 0 Å². The van der Waals surface area contributed by atoms with Gasteiger partial charge in [-0.2, -0.15) is 0 Å². The number of nitrogens with zero attached hydrogens (tertiary/aromatic N) is 3. The molecule has 0 atom stereocenters. The van der Waals surface area contributed by atoms with Gasteiger partial charge in [0.05, 0.1) is 11.7 Å². The molecule has 0 radical (unpaired) electrons. The monoisotopic (exact) mass is 382 g/mol. The smallest absolute Gasteiger partial charge is 0.263 e. The Labute approximate surface area is 156 Å². The molecule has 26 heavy (non-hydrogen) atoms. The van der Waals surface area contributed by atoms with Gasteiger partial charge in [0.25, 0.3) is 5.56 Å². The Kier molecular flexibility index (Phi) is 4.36. The van der Waals surface area contributed by atoms with E-state index in [0.29, 0.717) is 16.0 Å². The lowest BCUT2D eigenvalue weighted by Gasteiger charge is -2.07. The number of carbonyl (C=O) groups excluding carboxylic acids is 1. The number of fused-ring (bicyclic) bond motifs is 1. The molecule has 0 aliphatic heterocycles. The molecular formula is C18H14N4O2S2. The first-order valence-electron chi connectivity index (χ1n) is 7.85. The minimum absolute atomic E-state index is 0.114. The second-order valence-corrected chi connectivity index (χ2v) is 7.56. The fraction of sp³-hybridized carbons (Fsp3) is 0.111. The summed E-state index contributed by atoms with van der Waals surface area (Å²) in [5, 5.41) is 7.17. The number of aryl methyl sites for hydroxylation is 1. The highest BCUT2D eigenvalue weighted by molar-refractivity contribution is 7.18. The van der Waals surface area contributed by atoms with E-state index in [9.17, 15) is 9.59 Å². The van der Waals surface area contributed by atoms with Gasteiger partial charge in [-0.25, -0.2) is 9.97 Å². The van der Waals surface area contributed by atoms with Gasteiger partial charge in [0.1, 0.15) is 17.2 Å². The van der Waals surface area contributed by atoms with Crippen LogP contribution in [0.15, 0.2) is 52.3 Å². The van der Waals surface area contributed by atoms with Gasteiger partial charge in [0.2, 0.25) is 5.91 Å². The molecule has 0 saturated heterocycles. The lowest BCUT2D eigenvalue weighted by molar-refractivity contribution is -0.116. The molecule has 8 heteroatoms. The average molecular weight is 382 g/mol. The van der Waals surface area contributed by atoms with Crippen molar-refractivity contribution in [3.63, 3.8) is 0 Å². The normalized spacial score (nSPS) is 11.0. The first-order valence-corrected chi connectivity index (χ1v) is 9.61. The van der Waals surface area contributed by atoms with Crippen molar-refractivity contribution in [2.45, 2.75) is 13.5 Å². The highest BCUT2D eigenvalue weighted by Crippen LogP contribution is 2.33. The summed E-state index contributed by atoms with van der Waals surface area (Å²) >= 11 is 3.00. The third-order valence-corrected chi connectivity index (χ3v) is 5.63. The maximum absolute atomic E-state index is 12.9. The maximum atomic E-state index is 12.9. The first kappa shape index (κ1) is 16.6. The minimum atomic E-state index is -0.320. The van der Waals surface area contributed by atoms with Crippen LogP contribution in [0, 0.1) is 6.92 Å². The van der Waals surface area contributed by atoms with Crippen LogP contribution in [0.4, 0.5) is 5.82 Å². The summed E-state index contributed by atoms with van der Waals surface area (Å²) < 4.78 is 1.33. The molecule has 4 aromatic rings. The Balaban J connectivity index is 1.65. The molecule has 6 nitrogen and oxygen atoms in total. The van der Waals surface area contributed by atoms with E-state index < -0.39 is 0 Å². The van der Waals surface area contributed by atoms with E-state index >= 15 is 0 Å². The van der Waals surface area contributed by atoms with Gasteiger partial charge in [-0.3, -0.25) is 14.2 Å². The molecule has 0 saturated carbocycles. The summed E-state index contributed by atoms with van der Waals surface area (Å²) in [7, 11) is 0. The Morgan fingerprint density at radius 1 is 1.27 bits per heavy atom. The Morgan fingerprint density at radius 2 is 2.15 bits per heavy atom. The van der Waals surface area contributed by atoms with Gasteiger partial charge in [-0.15, -0.1) is 22.7 Å². The van der Waals surface area contributed by atoms with E-state index in [2.05, 4.69) is 15.3 Å². The fourth-order valence-electron chi connectivity index (χ4n) is 2.63. The molecule has 1 N–H and O–H groups in total. The zero-order valence-electron chi connectivity index (χ0n) is 13.8. The molecule has 0 unspecified atom stereocenters. The number of nitrogens with one attached hydrogen (secondary N) is 1. The lowest BCUT2D eigenvalue weighted by atomic mass is 10.2. The van der Waals surface area contributed by atoms with Crippen molar-refractivity contribution in [2.75, 3.05) is 5.32 Å². The van der Waals surface area contributed by atoms with Crippen molar-refractivity contribution in [1.82, 2.24) is 14.5 Å². The Morgan fingerprint density at radius 3 is 2.92 bits per heavy atom. The summed E-state index contributed by atoms with van der Waals surface area (Å²) in [5.74, 6) is 0.145. The first-order chi connectivity index (χ1) is 12.6. The van der Waals surface area contributed by atoms with Gasteiger partial charge in [-0.1, -0.05) is 6.07 Å². The highest BCUT2D eigenvalue weighted by atomic mass is 32.1. The van der Waals surface area contributed by atoms with E-state index in [4.69, 9.17) is 0 Å². The van der Waals surface area contributed by atoms with Gasteiger partial charge < -0.3 is 5.32 Å². The summed E-state index contributed by atoms with van der Waals surface area (Å²) in [6.07, 6.45) is 3.05. The predicted octanol–water partition coefficient (Wildman–Crippen LogP) is 3.53. The fourth-order valence-corrected chi connectivity index (χ4v) is 4.36. The van der Waals surface area contributed by atoms with Crippen LogP contribution >= 0.6 is 22.7 Å². The van der Waals surface area contributed by atoms with Crippen LogP contribution in [-0.2, 0) is 11.3 Å². The van der Waals surface area contributed by atoms with Gasteiger partial charge >= 0.3 is 0 Å². The largest absolute Gasteiger partial charge is 0.309 e. The quantitative estimate of drug-likeness (QED) is 0.586. The molecule has 0 spiro atoms. The van der Waals surface area contributed by atoms with Crippen LogP contribution in [0.1, 0.15) is 5.56 Å². The van der Waals surface area contributed by atoms with Crippen molar-refractivity contribution >= 4 is 44.6 Å². The molecule has 0 aromatic carbocycles. The molecular weight excluding hydrogens is 368 g/mol. The van der Waals surface area contributed by atoms with Crippen molar-refractivity contribution < 1.29 is 4.79 Å². The zero-order valence-corrected chi connectivity index (χ0v) is 15.4. The molecule has 0 bridgehead atoms. The second-order valence-electron chi connectivity index (χ2n) is 5.75. The van der Waals surface area contributed by atoms with Crippen LogP contribution in [0.2, 0.25) is 0 Å². The lowest BCUT2D eigenvalue weighted by Crippen LogP contribution is -2.28. The van der Waals surface area contributed by atoms with E-state index in [1.807, 2.05) is 35.9 Å². The summed E-state index contributed by atoms with van der Waals surface area (Å²) in [6, 6.07) is 7.54. The molecule has 1 amide bonds. The van der Waals surface area contributed by atoms with E-state index in [1.165, 1.54) is 22.2 Å². The van der Waals surface area contributed by atoms with Crippen molar-refractivity contribution in [3.05, 3.63) is 63.5 Å². The SMILES string of the molecule is Cc1ccnc(NC(=O)Cn2cnc3scc(-c4cccs4)c3c2=O)c1. The van der Waals surface area contributed by atoms with E-state index in [0.717, 1.165) is 16.0 Å². The van der Waals surface area contributed by atoms with Gasteiger partial charge in [-0.05, 0) is 36.1 Å². The molecule has 0 fully saturated rings. The van der Waals surface area contributed by atoms with Crippen molar-refractivity contribution in [2.24, 2.45) is 0 Å². The summed E-state index contributed by atoms with van der Waals surface area (Å²) in [4.78, 5) is 35.3. The van der Waals surface area contributed by atoms with Crippen LogP contribution in [0.25, 0.3) is 20.7 Å². The van der Waals surface area contributed by atoms with Crippen molar-refractivity contribution in [3.8, 4) is 10.4 Å². The third kappa shape index (κ3) is 3.16. The number of aromatic nitrogens is 3. The van der Waals surface area contributed by atoms with Gasteiger partial charge in [0, 0.05) is 22.0 Å². The highest BCUT2D eigenvalue weighted by Gasteiger charge is 2.15. The maximum Gasteiger partial charge on any atom is 0.263 e. The zero-order chi connectivity index (χ0) is 18.1. The van der Waals surface area contributed by atoms with Crippen LogP contribution in [-0.4, -0.2) is 20.4 Å². The molecule has 0 aliphatic rings. The number of hydrogen-bond acceptors (Lipinski definition) is 6. The molecule has 130 valence electrons. The van der Waals surface area contributed by atoms with E-state index in [-0.39, 0.29) is 18.0 Å². The molecule has 4 aromatic heterocycles. The number of anilines is 1. The van der Waals surface area contributed by atoms with Crippen LogP contribution < -0.4 is 10.9 Å². The number of thiophene rings is 2. The Hall–Kier alpha value is -2.84. The second kappa shape index (κ2) is 6.81. The van der Waals surface area contributed by atoms with Crippen molar-refractivity contribution in [1.29, 1.82) is 0 Å². The summed E-state index contributed by atoms with van der Waals surface area (Å²) in [6.45, 7) is 1.81. The summed E-state index contributed by atoms with van der Waals surface area (Å²) in [5.41, 5.74) is 1.65. The molecule has 4 rings (SSSR count).